The number of methoxy groups -OCH3 is 1. The molecule has 2 amide bonds. The van der Waals surface area contributed by atoms with Crippen LogP contribution in [0.25, 0.3) is 22.3 Å². The summed E-state index contributed by atoms with van der Waals surface area (Å²) >= 11 is 6.03. The van der Waals surface area contributed by atoms with Crippen molar-refractivity contribution >= 4 is 40.2 Å². The average Bonchev–Trinajstić information content (AvgIpc) is 2.92. The van der Waals surface area contributed by atoms with Gasteiger partial charge >= 0.3 is 6.03 Å². The van der Waals surface area contributed by atoms with Crippen molar-refractivity contribution < 1.29 is 14.3 Å². The van der Waals surface area contributed by atoms with Gasteiger partial charge in [0, 0.05) is 42.5 Å². The number of urea groups is 1. The molecule has 10 heteroatoms. The normalized spacial score (nSPS) is 13.5. The molecule has 1 aliphatic rings. The van der Waals surface area contributed by atoms with E-state index in [-0.39, 0.29) is 6.03 Å². The molecule has 37 heavy (non-hydrogen) atoms. The van der Waals surface area contributed by atoms with Gasteiger partial charge in [0.15, 0.2) is 17.3 Å². The first-order chi connectivity index (χ1) is 18.1. The lowest BCUT2D eigenvalue weighted by Crippen LogP contribution is -2.50. The second-order valence-corrected chi connectivity index (χ2v) is 8.91. The van der Waals surface area contributed by atoms with Crippen LogP contribution in [0.4, 0.5) is 16.3 Å². The summed E-state index contributed by atoms with van der Waals surface area (Å²) in [6.07, 6.45) is 1.55. The van der Waals surface area contributed by atoms with E-state index in [1.165, 1.54) is 0 Å². The van der Waals surface area contributed by atoms with Crippen LogP contribution in [-0.4, -0.2) is 65.8 Å². The number of nitrogens with zero attached hydrogens (tertiary/aromatic N) is 5. The van der Waals surface area contributed by atoms with E-state index in [0.29, 0.717) is 60.5 Å². The molecule has 190 valence electrons. The number of carbonyl (C=O) groups is 1. The maximum atomic E-state index is 12.8. The van der Waals surface area contributed by atoms with Crippen molar-refractivity contribution in [1.29, 1.82) is 0 Å². The largest absolute Gasteiger partial charge is 0.493 e. The molecular formula is C27H27ClN6O3. The van der Waals surface area contributed by atoms with Gasteiger partial charge in [0.2, 0.25) is 0 Å². The van der Waals surface area contributed by atoms with E-state index in [2.05, 4.69) is 20.2 Å². The molecule has 0 saturated carbocycles. The lowest BCUT2D eigenvalue weighted by Gasteiger charge is -2.35. The lowest BCUT2D eigenvalue weighted by atomic mass is 10.1. The summed E-state index contributed by atoms with van der Waals surface area (Å²) in [7, 11) is 1.62. The number of anilines is 2. The fraction of sp³-hybridized carbons (Fsp3) is 0.259. The van der Waals surface area contributed by atoms with Crippen LogP contribution in [-0.2, 0) is 0 Å². The summed E-state index contributed by atoms with van der Waals surface area (Å²) in [5.41, 5.74) is 3.83. The zero-order valence-corrected chi connectivity index (χ0v) is 21.4. The van der Waals surface area contributed by atoms with Gasteiger partial charge in [-0.3, -0.25) is 0 Å². The van der Waals surface area contributed by atoms with Crippen LogP contribution in [0, 0.1) is 0 Å². The standard InChI is InChI=1S/C27H27ClN6O3/c1-3-37-24-15-18(7-10-23(24)36-2)21-8-9-22-25(32-21)26(30-17-29-22)33-11-13-34(14-12-33)27(35)31-20-6-4-5-19(28)16-20/h4-10,15-17H,3,11-14H2,1-2H3,(H,31,35). The number of amides is 2. The Morgan fingerprint density at radius 3 is 2.62 bits per heavy atom. The number of pyridine rings is 1. The van der Waals surface area contributed by atoms with Gasteiger partial charge in [-0.25, -0.2) is 19.7 Å². The van der Waals surface area contributed by atoms with Gasteiger partial charge in [0.05, 0.1) is 24.9 Å². The summed E-state index contributed by atoms with van der Waals surface area (Å²) in [4.78, 5) is 30.6. The fourth-order valence-corrected chi connectivity index (χ4v) is 4.50. The quantitative estimate of drug-likeness (QED) is 0.379. The van der Waals surface area contributed by atoms with Crippen molar-refractivity contribution in [2.45, 2.75) is 6.92 Å². The summed E-state index contributed by atoms with van der Waals surface area (Å²) in [5.74, 6) is 2.09. The molecule has 0 atom stereocenters. The molecule has 9 nitrogen and oxygen atoms in total. The van der Waals surface area contributed by atoms with Gasteiger partial charge in [-0.1, -0.05) is 17.7 Å². The van der Waals surface area contributed by atoms with E-state index < -0.39 is 0 Å². The minimum Gasteiger partial charge on any atom is -0.493 e. The third-order valence-electron chi connectivity index (χ3n) is 6.16. The summed E-state index contributed by atoms with van der Waals surface area (Å²) in [5, 5.41) is 3.49. The van der Waals surface area contributed by atoms with Crippen LogP contribution in [0.15, 0.2) is 60.9 Å². The van der Waals surface area contributed by atoms with Gasteiger partial charge in [0.1, 0.15) is 11.8 Å². The number of rotatable bonds is 6. The van der Waals surface area contributed by atoms with Gasteiger partial charge in [-0.05, 0) is 55.5 Å². The minimum atomic E-state index is -0.153. The molecular weight excluding hydrogens is 492 g/mol. The average molecular weight is 519 g/mol. The topological polar surface area (TPSA) is 92.7 Å². The second kappa shape index (κ2) is 10.9. The van der Waals surface area contributed by atoms with Gasteiger partial charge < -0.3 is 24.6 Å². The number of halogens is 1. The number of hydrogen-bond donors (Lipinski definition) is 1. The molecule has 1 N–H and O–H groups in total. The maximum absolute atomic E-state index is 12.8. The maximum Gasteiger partial charge on any atom is 0.321 e. The molecule has 3 heterocycles. The highest BCUT2D eigenvalue weighted by Crippen LogP contribution is 2.33. The predicted octanol–water partition coefficient (Wildman–Crippen LogP) is 5.11. The molecule has 1 fully saturated rings. The molecule has 0 bridgehead atoms. The molecule has 5 rings (SSSR count). The number of nitrogens with one attached hydrogen (secondary N) is 1. The number of benzene rings is 2. The van der Waals surface area contributed by atoms with Crippen LogP contribution >= 0.6 is 11.6 Å². The highest BCUT2D eigenvalue weighted by molar-refractivity contribution is 6.30. The second-order valence-electron chi connectivity index (χ2n) is 8.47. The van der Waals surface area contributed by atoms with Crippen LogP contribution in [0.5, 0.6) is 11.5 Å². The third-order valence-corrected chi connectivity index (χ3v) is 6.40. The van der Waals surface area contributed by atoms with Crippen LogP contribution in [0.1, 0.15) is 6.92 Å². The zero-order valence-electron chi connectivity index (χ0n) is 20.6. The van der Waals surface area contributed by atoms with E-state index in [1.54, 1.807) is 36.5 Å². The summed E-state index contributed by atoms with van der Waals surface area (Å²) in [6, 6.07) is 16.6. The van der Waals surface area contributed by atoms with Crippen LogP contribution in [0.3, 0.4) is 0 Å². The van der Waals surface area contributed by atoms with Crippen molar-refractivity contribution in [1.82, 2.24) is 19.9 Å². The number of ether oxygens (including phenoxy) is 2. The van der Waals surface area contributed by atoms with E-state index in [9.17, 15) is 4.79 Å². The van der Waals surface area contributed by atoms with E-state index in [0.717, 1.165) is 22.6 Å². The Morgan fingerprint density at radius 2 is 1.86 bits per heavy atom. The van der Waals surface area contributed by atoms with Crippen LogP contribution < -0.4 is 19.7 Å². The molecule has 0 radical (unpaired) electrons. The van der Waals surface area contributed by atoms with Gasteiger partial charge in [-0.2, -0.15) is 0 Å². The molecule has 0 spiro atoms. The first-order valence-corrected chi connectivity index (χ1v) is 12.4. The van der Waals surface area contributed by atoms with Gasteiger partial charge in [0.25, 0.3) is 0 Å². The Hall–Kier alpha value is -4.11. The highest BCUT2D eigenvalue weighted by Gasteiger charge is 2.24. The number of carbonyl (C=O) groups excluding carboxylic acids is 1. The van der Waals surface area contributed by atoms with Crippen molar-refractivity contribution in [3.8, 4) is 22.8 Å². The Balaban J connectivity index is 1.35. The number of hydrogen-bond acceptors (Lipinski definition) is 7. The number of aromatic nitrogens is 3. The smallest absolute Gasteiger partial charge is 0.321 e. The molecule has 2 aromatic carbocycles. The van der Waals surface area contributed by atoms with Gasteiger partial charge in [-0.15, -0.1) is 0 Å². The van der Waals surface area contributed by atoms with E-state index in [1.807, 2.05) is 43.3 Å². The SMILES string of the molecule is CCOc1cc(-c2ccc3ncnc(N4CCN(C(=O)Nc5cccc(Cl)c5)CC4)c3n2)ccc1OC. The molecule has 0 aliphatic carbocycles. The van der Waals surface area contributed by atoms with Crippen molar-refractivity contribution in [2.24, 2.45) is 0 Å². The Kier molecular flexibility index (Phi) is 7.23. The van der Waals surface area contributed by atoms with E-state index >= 15 is 0 Å². The third kappa shape index (κ3) is 5.36. The minimum absolute atomic E-state index is 0.153. The van der Waals surface area contributed by atoms with Crippen molar-refractivity contribution in [3.05, 3.63) is 65.9 Å². The molecule has 1 aliphatic heterocycles. The summed E-state index contributed by atoms with van der Waals surface area (Å²) < 4.78 is 11.2. The Bertz CT molecular complexity index is 1420. The van der Waals surface area contributed by atoms with Crippen LogP contribution in [0.2, 0.25) is 5.02 Å². The Labute approximate surface area is 220 Å². The first kappa shape index (κ1) is 24.6. The fourth-order valence-electron chi connectivity index (χ4n) is 4.31. The predicted molar refractivity (Wildman–Crippen MR) is 145 cm³/mol. The zero-order chi connectivity index (χ0) is 25.8. The number of piperazine rings is 1. The molecule has 4 aromatic rings. The molecule has 1 saturated heterocycles. The lowest BCUT2D eigenvalue weighted by molar-refractivity contribution is 0.208. The summed E-state index contributed by atoms with van der Waals surface area (Å²) in [6.45, 7) is 4.81. The molecule has 2 aromatic heterocycles. The monoisotopic (exact) mass is 518 g/mol. The van der Waals surface area contributed by atoms with Crippen molar-refractivity contribution in [3.63, 3.8) is 0 Å². The Morgan fingerprint density at radius 1 is 1.03 bits per heavy atom. The van der Waals surface area contributed by atoms with Crippen molar-refractivity contribution in [2.75, 3.05) is 50.1 Å². The molecule has 0 unspecified atom stereocenters. The number of fused-ring (bicyclic) bond motifs is 1. The highest BCUT2D eigenvalue weighted by atomic mass is 35.5. The van der Waals surface area contributed by atoms with E-state index in [4.69, 9.17) is 26.1 Å². The first-order valence-electron chi connectivity index (χ1n) is 12.0.